The highest BCUT2D eigenvalue weighted by molar-refractivity contribution is 5.75. The largest absolute Gasteiger partial charge is 0.350 e. The predicted molar refractivity (Wildman–Crippen MR) is 130 cm³/mol. The lowest BCUT2D eigenvalue weighted by atomic mass is 10.0. The monoisotopic (exact) mass is 444 g/mol. The molecule has 6 nitrogen and oxygen atoms in total. The average molecular weight is 445 g/mol. The molecule has 0 bridgehead atoms. The van der Waals surface area contributed by atoms with Gasteiger partial charge >= 0.3 is 0 Å². The molecule has 1 N–H and O–H groups in total. The first-order valence-electron chi connectivity index (χ1n) is 11.6. The van der Waals surface area contributed by atoms with Gasteiger partial charge < -0.3 is 5.32 Å². The number of aryl methyl sites for hydroxylation is 1. The second-order valence-electron chi connectivity index (χ2n) is 9.09. The minimum absolute atomic E-state index is 0.0201. The van der Waals surface area contributed by atoms with Gasteiger partial charge in [-0.1, -0.05) is 68.4 Å². The van der Waals surface area contributed by atoms with E-state index in [1.807, 2.05) is 30.3 Å². The zero-order valence-electron chi connectivity index (χ0n) is 19.7. The normalized spacial score (nSPS) is 13.7. The summed E-state index contributed by atoms with van der Waals surface area (Å²) in [5.74, 6) is 0.877. The Bertz CT molecular complexity index is 1170. The number of nitrogens with one attached hydrogen (secondary N) is 1. The summed E-state index contributed by atoms with van der Waals surface area (Å²) in [6.07, 6.45) is 0.748. The number of benzene rings is 2. The van der Waals surface area contributed by atoms with Crippen molar-refractivity contribution < 1.29 is 4.79 Å². The van der Waals surface area contributed by atoms with Gasteiger partial charge in [0.15, 0.2) is 0 Å². The molecule has 4 rings (SSSR count). The summed E-state index contributed by atoms with van der Waals surface area (Å²) in [4.78, 5) is 32.8. The number of carbonyl (C=O) groups is 1. The summed E-state index contributed by atoms with van der Waals surface area (Å²) in [7, 11) is 0. The molecule has 1 aromatic heterocycles. The van der Waals surface area contributed by atoms with E-state index in [1.54, 1.807) is 6.92 Å². The van der Waals surface area contributed by atoms with E-state index in [1.165, 1.54) is 15.7 Å². The van der Waals surface area contributed by atoms with E-state index in [4.69, 9.17) is 0 Å². The Morgan fingerprint density at radius 3 is 2.48 bits per heavy atom. The summed E-state index contributed by atoms with van der Waals surface area (Å²) in [6.45, 7) is 8.75. The van der Waals surface area contributed by atoms with Gasteiger partial charge in [0.2, 0.25) is 5.91 Å². The van der Waals surface area contributed by atoms with Crippen LogP contribution >= 0.6 is 0 Å². The third-order valence-electron chi connectivity index (χ3n) is 6.27. The Morgan fingerprint density at radius 1 is 1.06 bits per heavy atom. The molecule has 3 aromatic rings. The van der Waals surface area contributed by atoms with Crippen molar-refractivity contribution in [2.75, 3.05) is 6.54 Å². The number of carbonyl (C=O) groups excluding carboxylic acids is 1. The zero-order chi connectivity index (χ0) is 23.4. The fourth-order valence-electron chi connectivity index (χ4n) is 4.27. The summed E-state index contributed by atoms with van der Waals surface area (Å²) in [5.41, 5.74) is 5.00. The van der Waals surface area contributed by atoms with E-state index in [2.05, 4.69) is 53.3 Å². The van der Waals surface area contributed by atoms with Crippen LogP contribution in [0.5, 0.6) is 0 Å². The van der Waals surface area contributed by atoms with Crippen molar-refractivity contribution in [1.29, 1.82) is 0 Å². The van der Waals surface area contributed by atoms with Crippen LogP contribution in [-0.2, 0) is 37.4 Å². The highest BCUT2D eigenvalue weighted by atomic mass is 16.2. The quantitative estimate of drug-likeness (QED) is 0.605. The summed E-state index contributed by atoms with van der Waals surface area (Å²) in [6, 6.07) is 18.5. The molecule has 0 fully saturated rings. The maximum absolute atomic E-state index is 13.3. The molecule has 172 valence electrons. The van der Waals surface area contributed by atoms with Crippen LogP contribution in [0.4, 0.5) is 0 Å². The first-order valence-corrected chi connectivity index (χ1v) is 11.6. The lowest BCUT2D eigenvalue weighted by Gasteiger charge is -2.28. The number of rotatable bonds is 7. The topological polar surface area (TPSA) is 67.2 Å². The van der Waals surface area contributed by atoms with Gasteiger partial charge in [-0.25, -0.2) is 4.98 Å². The molecule has 0 spiro atoms. The van der Waals surface area contributed by atoms with E-state index in [-0.39, 0.29) is 18.0 Å². The first-order chi connectivity index (χ1) is 15.9. The summed E-state index contributed by atoms with van der Waals surface area (Å²) < 4.78 is 1.50. The van der Waals surface area contributed by atoms with Crippen LogP contribution in [0, 0.1) is 6.92 Å². The maximum atomic E-state index is 13.3. The van der Waals surface area contributed by atoms with Crippen LogP contribution in [-0.4, -0.2) is 26.9 Å². The second kappa shape index (κ2) is 10.1. The Hall–Kier alpha value is -3.25. The smallest absolute Gasteiger partial charge is 0.258 e. The van der Waals surface area contributed by atoms with Crippen LogP contribution in [0.15, 0.2) is 59.4 Å². The predicted octanol–water partition coefficient (Wildman–Crippen LogP) is 3.55. The highest BCUT2D eigenvalue weighted by Gasteiger charge is 2.23. The van der Waals surface area contributed by atoms with E-state index in [9.17, 15) is 9.59 Å². The van der Waals surface area contributed by atoms with Gasteiger partial charge in [-0.05, 0) is 29.5 Å². The van der Waals surface area contributed by atoms with Crippen molar-refractivity contribution in [3.8, 4) is 0 Å². The summed E-state index contributed by atoms with van der Waals surface area (Å²) >= 11 is 0. The minimum Gasteiger partial charge on any atom is -0.350 e. The molecule has 0 unspecified atom stereocenters. The molecule has 0 atom stereocenters. The van der Waals surface area contributed by atoms with Gasteiger partial charge in [0.05, 0.1) is 11.3 Å². The fourth-order valence-corrected chi connectivity index (χ4v) is 4.27. The summed E-state index contributed by atoms with van der Waals surface area (Å²) in [5, 5.41) is 2.94. The van der Waals surface area contributed by atoms with Crippen LogP contribution in [0.3, 0.4) is 0 Å². The standard InChI is InChI=1S/C27H32N4O2/c1-19(2)23-11-9-21(10-12-23)15-28-26(32)18-31-20(3)29-25-13-14-30(17-24(25)27(31)33)16-22-7-5-4-6-8-22/h4-12,19H,13-18H2,1-3H3,(H,28,32). The molecule has 33 heavy (non-hydrogen) atoms. The minimum atomic E-state index is -0.188. The SMILES string of the molecule is Cc1nc2c(c(=O)n1CC(=O)NCc1ccc(C(C)C)cc1)CN(Cc1ccccc1)CC2. The van der Waals surface area contributed by atoms with Crippen LogP contribution in [0.25, 0.3) is 0 Å². The number of amides is 1. The van der Waals surface area contributed by atoms with E-state index >= 15 is 0 Å². The van der Waals surface area contributed by atoms with Gasteiger partial charge in [0, 0.05) is 32.6 Å². The van der Waals surface area contributed by atoms with E-state index < -0.39 is 0 Å². The number of hydrogen-bond acceptors (Lipinski definition) is 4. The molecule has 0 saturated heterocycles. The van der Waals surface area contributed by atoms with Crippen molar-refractivity contribution in [3.63, 3.8) is 0 Å². The molecule has 1 amide bonds. The number of aromatic nitrogens is 2. The van der Waals surface area contributed by atoms with Crippen molar-refractivity contribution in [1.82, 2.24) is 19.8 Å². The molecule has 1 aliphatic rings. The van der Waals surface area contributed by atoms with Gasteiger partial charge in [-0.2, -0.15) is 0 Å². The molecule has 6 heteroatoms. The Labute approximate surface area is 195 Å². The van der Waals surface area contributed by atoms with Crippen molar-refractivity contribution in [2.45, 2.75) is 59.3 Å². The van der Waals surface area contributed by atoms with Crippen LogP contribution in [0.1, 0.15) is 53.5 Å². The molecule has 0 aliphatic carbocycles. The third-order valence-corrected chi connectivity index (χ3v) is 6.27. The molecule has 2 heterocycles. The van der Waals surface area contributed by atoms with E-state index in [0.29, 0.717) is 30.4 Å². The third kappa shape index (κ3) is 5.57. The molecular formula is C27H32N4O2. The molecule has 1 aliphatic heterocycles. The number of nitrogens with zero attached hydrogens (tertiary/aromatic N) is 3. The first kappa shape index (κ1) is 22.9. The highest BCUT2D eigenvalue weighted by Crippen LogP contribution is 2.17. The van der Waals surface area contributed by atoms with Gasteiger partial charge in [-0.3, -0.25) is 19.1 Å². The fraction of sp³-hybridized carbons (Fsp3) is 0.370. The molecular weight excluding hydrogens is 412 g/mol. The van der Waals surface area contributed by atoms with Crippen molar-refractivity contribution in [3.05, 3.63) is 98.7 Å². The Balaban J connectivity index is 1.42. The molecule has 0 radical (unpaired) electrons. The van der Waals surface area contributed by atoms with Gasteiger partial charge in [0.1, 0.15) is 12.4 Å². The van der Waals surface area contributed by atoms with Crippen LogP contribution < -0.4 is 10.9 Å². The lowest BCUT2D eigenvalue weighted by Crippen LogP contribution is -2.40. The van der Waals surface area contributed by atoms with Gasteiger partial charge in [0.25, 0.3) is 5.56 Å². The zero-order valence-corrected chi connectivity index (χ0v) is 19.7. The average Bonchev–Trinajstić information content (AvgIpc) is 2.82. The molecule has 2 aromatic carbocycles. The Morgan fingerprint density at radius 2 is 1.79 bits per heavy atom. The van der Waals surface area contributed by atoms with Crippen LogP contribution in [0.2, 0.25) is 0 Å². The lowest BCUT2D eigenvalue weighted by molar-refractivity contribution is -0.121. The number of hydrogen-bond donors (Lipinski definition) is 1. The number of fused-ring (bicyclic) bond motifs is 1. The second-order valence-corrected chi connectivity index (χ2v) is 9.09. The molecule has 0 saturated carbocycles. The van der Waals surface area contributed by atoms with Crippen molar-refractivity contribution >= 4 is 5.91 Å². The maximum Gasteiger partial charge on any atom is 0.258 e. The van der Waals surface area contributed by atoms with Crippen molar-refractivity contribution in [2.24, 2.45) is 0 Å². The Kier molecular flexibility index (Phi) is 7.04. The van der Waals surface area contributed by atoms with Gasteiger partial charge in [-0.15, -0.1) is 0 Å². The van der Waals surface area contributed by atoms with E-state index in [0.717, 1.165) is 30.8 Å².